The summed E-state index contributed by atoms with van der Waals surface area (Å²) in [5.41, 5.74) is 12.6. The van der Waals surface area contributed by atoms with Crippen LogP contribution in [0, 0.1) is 0 Å². The van der Waals surface area contributed by atoms with Crippen LogP contribution in [0.25, 0.3) is 76.2 Å². The molecule has 4 heterocycles. The highest BCUT2D eigenvalue weighted by atomic mass is 15.2. The molecule has 0 aliphatic heterocycles. The van der Waals surface area contributed by atoms with E-state index < -0.39 is 36.3 Å². The largest absolute Gasteiger partial charge is 0.310 e. The van der Waals surface area contributed by atoms with Crippen molar-refractivity contribution in [3.05, 3.63) is 204 Å². The molecule has 0 unspecified atom stereocenters. The number of anilines is 6. The molecule has 0 aliphatic carbocycles. The summed E-state index contributed by atoms with van der Waals surface area (Å²) in [7, 11) is 0. The molecule has 0 radical (unpaired) electrons. The molecule has 0 saturated heterocycles. The van der Waals surface area contributed by atoms with Crippen molar-refractivity contribution in [3.63, 3.8) is 0 Å². The molecule has 0 fully saturated rings. The van der Waals surface area contributed by atoms with E-state index in [-0.39, 0.29) is 58.2 Å². The van der Waals surface area contributed by atoms with Crippen molar-refractivity contribution in [1.82, 2.24) is 8.80 Å². The first-order valence-corrected chi connectivity index (χ1v) is 25.2. The smallest absolute Gasteiger partial charge is 0.0645 e. The van der Waals surface area contributed by atoms with Crippen LogP contribution in [0.5, 0.6) is 0 Å². The number of hydrogen-bond acceptors (Lipinski definition) is 2. The summed E-state index contributed by atoms with van der Waals surface area (Å²) in [6.45, 7) is 21.7. The van der Waals surface area contributed by atoms with E-state index in [2.05, 4.69) is 139 Å². The third-order valence-corrected chi connectivity index (χ3v) is 15.2. The van der Waals surface area contributed by atoms with Crippen LogP contribution in [-0.2, 0) is 10.8 Å². The number of nitrogens with zero attached hydrogens (tertiary/aromatic N) is 4. The van der Waals surface area contributed by atoms with Crippen molar-refractivity contribution in [2.75, 3.05) is 9.80 Å². The molecular formula is C68H62N4. The van der Waals surface area contributed by atoms with E-state index in [0.717, 1.165) is 98.4 Å². The fourth-order valence-corrected chi connectivity index (χ4v) is 11.4. The Hall–Kier alpha value is -7.82. The molecule has 0 N–H and O–H groups in total. The SMILES string of the molecule is [2H]c1c([2H])c([2H])c(N(c2ccc(C(C)C)cc2)c2ccc3c4cc5c(cc4n4c6ccc(C(C)(C)C)cc6c2c34)c2ccc(N(c3ccc(C(C)C)cc3)c3c([2H])c([2H])c([2H])c([2H])c3[2H])c3c4cc(C(C)(C)C)ccc4n5c23)c([2H])c1[2H]. The van der Waals surface area contributed by atoms with Crippen molar-refractivity contribution in [1.29, 1.82) is 0 Å². The van der Waals surface area contributed by atoms with Crippen molar-refractivity contribution >= 4 is 110 Å². The van der Waals surface area contributed by atoms with Gasteiger partial charge in [0.2, 0.25) is 0 Å². The molecule has 4 aromatic heterocycles. The lowest BCUT2D eigenvalue weighted by Gasteiger charge is -2.27. The van der Waals surface area contributed by atoms with Crippen LogP contribution < -0.4 is 9.80 Å². The molecular weight excluding hydrogens is 873 g/mol. The summed E-state index contributed by atoms with van der Waals surface area (Å²) < 4.78 is 95.1. The van der Waals surface area contributed by atoms with Gasteiger partial charge in [0, 0.05) is 65.8 Å². The first-order valence-electron chi connectivity index (χ1n) is 30.2. The van der Waals surface area contributed by atoms with Gasteiger partial charge in [-0.2, -0.15) is 0 Å². The lowest BCUT2D eigenvalue weighted by Crippen LogP contribution is -2.11. The van der Waals surface area contributed by atoms with Gasteiger partial charge >= 0.3 is 0 Å². The van der Waals surface area contributed by atoms with E-state index >= 15 is 0 Å². The van der Waals surface area contributed by atoms with Crippen LogP contribution in [0.3, 0.4) is 0 Å². The summed E-state index contributed by atoms with van der Waals surface area (Å²) >= 11 is 0. The maximum atomic E-state index is 9.42. The molecule has 0 bridgehead atoms. The number of para-hydroxylation sites is 2. The maximum absolute atomic E-state index is 9.42. The van der Waals surface area contributed by atoms with Gasteiger partial charge in [0.15, 0.2) is 0 Å². The average Bonchev–Trinajstić information content (AvgIpc) is 2.28. The molecule has 0 aliphatic rings. The van der Waals surface area contributed by atoms with Crippen LogP contribution in [0.15, 0.2) is 182 Å². The quantitative estimate of drug-likeness (QED) is 0.151. The molecule has 0 atom stereocenters. The monoisotopic (exact) mass is 945 g/mol. The number of rotatable bonds is 8. The average molecular weight is 945 g/mol. The van der Waals surface area contributed by atoms with Gasteiger partial charge in [-0.15, -0.1) is 0 Å². The Balaban J connectivity index is 1.16. The van der Waals surface area contributed by atoms with E-state index in [1.54, 1.807) is 0 Å². The number of aromatic nitrogens is 2. The maximum Gasteiger partial charge on any atom is 0.0645 e. The van der Waals surface area contributed by atoms with E-state index in [4.69, 9.17) is 8.22 Å². The first kappa shape index (κ1) is 34.5. The molecule has 0 saturated carbocycles. The van der Waals surface area contributed by atoms with Gasteiger partial charge in [-0.25, -0.2) is 0 Å². The van der Waals surface area contributed by atoms with Gasteiger partial charge < -0.3 is 18.6 Å². The fraction of sp³-hybridized carbons (Fsp3) is 0.206. The minimum absolute atomic E-state index is 0.0627. The Bertz CT molecular complexity index is 4460. The molecule has 4 nitrogen and oxygen atoms in total. The molecule has 13 aromatic rings. The van der Waals surface area contributed by atoms with Gasteiger partial charge in [-0.1, -0.05) is 154 Å². The Kier molecular flexibility index (Phi) is 7.59. The highest BCUT2D eigenvalue weighted by Crippen LogP contribution is 2.52. The normalized spacial score (nSPS) is 14.8. The van der Waals surface area contributed by atoms with Gasteiger partial charge in [-0.05, 0) is 142 Å². The zero-order chi connectivity index (χ0) is 58.2. The zero-order valence-electron chi connectivity index (χ0n) is 52.5. The zero-order valence-corrected chi connectivity index (χ0v) is 42.5. The second-order valence-corrected chi connectivity index (χ2v) is 22.3. The molecule has 9 aromatic carbocycles. The number of benzene rings is 9. The highest BCUT2D eigenvalue weighted by Gasteiger charge is 2.29. The highest BCUT2D eigenvalue weighted by molar-refractivity contribution is 6.32. The minimum atomic E-state index is -0.454. The van der Waals surface area contributed by atoms with E-state index in [1.165, 1.54) is 0 Å². The second-order valence-electron chi connectivity index (χ2n) is 22.3. The summed E-state index contributed by atoms with van der Waals surface area (Å²) in [4.78, 5) is 3.71. The Morgan fingerprint density at radius 3 is 1.10 bits per heavy atom. The van der Waals surface area contributed by atoms with Crippen molar-refractivity contribution in [3.8, 4) is 0 Å². The first-order chi connectivity index (χ1) is 38.8. The Morgan fingerprint density at radius 2 is 0.750 bits per heavy atom. The van der Waals surface area contributed by atoms with E-state index in [9.17, 15) is 5.48 Å². The van der Waals surface area contributed by atoms with Crippen LogP contribution in [0.1, 0.15) is 117 Å². The number of hydrogen-bond donors (Lipinski definition) is 0. The molecule has 4 heteroatoms. The molecule has 13 rings (SSSR count). The van der Waals surface area contributed by atoms with Crippen LogP contribution in [-0.4, -0.2) is 8.80 Å². The molecule has 0 spiro atoms. The summed E-state index contributed by atoms with van der Waals surface area (Å²) in [5.74, 6) is 0.485. The third-order valence-electron chi connectivity index (χ3n) is 15.2. The topological polar surface area (TPSA) is 15.3 Å². The van der Waals surface area contributed by atoms with E-state index in [1.807, 2.05) is 70.5 Å². The van der Waals surface area contributed by atoms with Crippen LogP contribution >= 0.6 is 0 Å². The predicted octanol–water partition coefficient (Wildman–Crippen LogP) is 19.8. The Labute approximate surface area is 437 Å². The fourth-order valence-electron chi connectivity index (χ4n) is 11.4. The minimum Gasteiger partial charge on any atom is -0.310 e. The van der Waals surface area contributed by atoms with Crippen LogP contribution in [0.2, 0.25) is 0 Å². The van der Waals surface area contributed by atoms with Gasteiger partial charge in [-0.3, -0.25) is 0 Å². The van der Waals surface area contributed by atoms with Gasteiger partial charge in [0.05, 0.1) is 58.2 Å². The predicted molar refractivity (Wildman–Crippen MR) is 311 cm³/mol. The lowest BCUT2D eigenvalue weighted by molar-refractivity contribution is 0.591. The third kappa shape index (κ3) is 6.57. The van der Waals surface area contributed by atoms with Crippen molar-refractivity contribution in [2.45, 2.75) is 91.9 Å². The second kappa shape index (κ2) is 15.8. The van der Waals surface area contributed by atoms with Gasteiger partial charge in [0.25, 0.3) is 0 Å². The van der Waals surface area contributed by atoms with Crippen molar-refractivity contribution in [2.24, 2.45) is 0 Å². The molecule has 72 heavy (non-hydrogen) atoms. The summed E-state index contributed by atoms with van der Waals surface area (Å²) in [6.07, 6.45) is 0. The van der Waals surface area contributed by atoms with E-state index in [0.29, 0.717) is 22.7 Å². The lowest BCUT2D eigenvalue weighted by atomic mass is 9.86. The van der Waals surface area contributed by atoms with Crippen molar-refractivity contribution < 1.29 is 13.7 Å². The summed E-state index contributed by atoms with van der Waals surface area (Å²) in [5, 5.41) is 7.68. The van der Waals surface area contributed by atoms with Gasteiger partial charge in [0.1, 0.15) is 0 Å². The van der Waals surface area contributed by atoms with Crippen LogP contribution in [0.4, 0.5) is 34.1 Å². The standard InChI is InChI=1S/C68H62N4/c1-41(2)43-21-27-49(28-22-43)69(47-17-13-11-14-18-47)59-35-31-51-53-39-62-54(40-61(53)71-57-33-25-45(67(5,6)7)37-55(57)63(59)65(51)71)52-32-36-60(64-56-38-46(68(8,9)10)26-34-58(56)72(62)66(52)64)70(48-19-15-12-16-20-48)50-29-23-44(24-30-50)42(3)4/h11-42H,1-10H3/i11D,12D,13D,14D,15D,16D,17D,18D,19D,20D. The molecule has 0 amide bonds. The Morgan fingerprint density at radius 1 is 0.375 bits per heavy atom. The molecule has 354 valence electrons. The summed E-state index contributed by atoms with van der Waals surface area (Å²) in [6, 6.07) is 38.5. The number of fused-ring (bicyclic) bond motifs is 12.